The van der Waals surface area contributed by atoms with Gasteiger partial charge < -0.3 is 15.2 Å². The van der Waals surface area contributed by atoms with Crippen LogP contribution in [-0.4, -0.2) is 25.2 Å². The summed E-state index contributed by atoms with van der Waals surface area (Å²) in [4.78, 5) is 6.83. The molecule has 1 aliphatic carbocycles. The molecule has 5 unspecified atom stereocenters. The molecule has 4 fully saturated rings. The molecule has 1 saturated carbocycles. The fraction of sp³-hybridized carbons (Fsp3) is 0.500. The van der Waals surface area contributed by atoms with Crippen LogP contribution in [-0.2, 0) is 0 Å². The fourth-order valence-electron chi connectivity index (χ4n) is 6.10. The zero-order chi connectivity index (χ0) is 15.0. The summed E-state index contributed by atoms with van der Waals surface area (Å²) >= 11 is 0. The number of aromatic nitrogens is 1. The summed E-state index contributed by atoms with van der Waals surface area (Å²) < 4.78 is 0. The number of nitrogens with zero attached hydrogens (tertiary/aromatic N) is 1. The van der Waals surface area contributed by atoms with Crippen molar-refractivity contribution in [2.24, 2.45) is 11.8 Å². The SMILES string of the molecule is C1=c2c([n-]c3ccccc23)=C2C3CCC(C4CCCNC34)[NH+]2C1. The van der Waals surface area contributed by atoms with Gasteiger partial charge in [-0.15, -0.1) is 5.52 Å². The van der Waals surface area contributed by atoms with Gasteiger partial charge in [0.1, 0.15) is 6.54 Å². The largest absolute Gasteiger partial charge is 0.652 e. The summed E-state index contributed by atoms with van der Waals surface area (Å²) in [6.07, 6.45) is 8.03. The van der Waals surface area contributed by atoms with Crippen LogP contribution in [0.4, 0.5) is 0 Å². The second kappa shape index (κ2) is 4.49. The molecule has 3 saturated heterocycles. The molecule has 2 bridgehead atoms. The lowest BCUT2D eigenvalue weighted by atomic mass is 9.64. The highest BCUT2D eigenvalue weighted by Crippen LogP contribution is 2.40. The van der Waals surface area contributed by atoms with E-state index in [0.717, 1.165) is 12.0 Å². The Balaban J connectivity index is 1.64. The normalized spacial score (nSPS) is 37.9. The standard InChI is InChI=1S/C20H22N3/c1-2-6-16-12(4-1)13-9-11-23-17-8-7-15(20(23)19(13)22-16)18-14(17)5-3-10-21-18/h1-2,4,6,9,14-15,17-18,21H,3,5,7-8,10-11H2/q-1/p+1. The Morgan fingerprint density at radius 3 is 3.09 bits per heavy atom. The average molecular weight is 305 g/mol. The number of quaternary nitrogens is 1. The van der Waals surface area contributed by atoms with E-state index >= 15 is 0 Å². The van der Waals surface area contributed by atoms with Crippen LogP contribution in [0.25, 0.3) is 22.7 Å². The van der Waals surface area contributed by atoms with E-state index in [-0.39, 0.29) is 0 Å². The van der Waals surface area contributed by atoms with E-state index in [4.69, 9.17) is 4.98 Å². The van der Waals surface area contributed by atoms with Crippen LogP contribution in [0.5, 0.6) is 0 Å². The van der Waals surface area contributed by atoms with Crippen molar-refractivity contribution >= 4 is 22.7 Å². The van der Waals surface area contributed by atoms with Gasteiger partial charge in [0.25, 0.3) is 0 Å². The highest BCUT2D eigenvalue weighted by atomic mass is 15.2. The van der Waals surface area contributed by atoms with Gasteiger partial charge in [-0.25, -0.2) is 0 Å². The maximum Gasteiger partial charge on any atom is 0.101 e. The average Bonchev–Trinajstić information content (AvgIpc) is 3.01. The Hall–Kier alpha value is -1.58. The van der Waals surface area contributed by atoms with Crippen molar-refractivity contribution in [1.29, 1.82) is 0 Å². The Kier molecular flexibility index (Phi) is 2.50. The number of hydrogen-bond acceptors (Lipinski definition) is 1. The van der Waals surface area contributed by atoms with Crippen molar-refractivity contribution in [3.8, 4) is 0 Å². The van der Waals surface area contributed by atoms with Crippen LogP contribution < -0.4 is 25.8 Å². The lowest BCUT2D eigenvalue weighted by Crippen LogP contribution is -3.19. The Labute approximate surface area is 136 Å². The first-order valence-corrected chi connectivity index (χ1v) is 9.27. The smallest absolute Gasteiger partial charge is 0.101 e. The van der Waals surface area contributed by atoms with E-state index in [1.54, 1.807) is 10.6 Å². The zero-order valence-corrected chi connectivity index (χ0v) is 13.4. The van der Waals surface area contributed by atoms with E-state index in [1.807, 2.05) is 0 Å². The molecule has 2 N–H and O–H groups in total. The molecule has 1 aromatic carbocycles. The Morgan fingerprint density at radius 1 is 1.13 bits per heavy atom. The number of nitrogens with one attached hydrogen (secondary N) is 2. The number of para-hydroxylation sites is 1. The molecule has 3 nitrogen and oxygen atoms in total. The molecule has 23 heavy (non-hydrogen) atoms. The van der Waals surface area contributed by atoms with E-state index in [2.05, 4.69) is 35.7 Å². The minimum Gasteiger partial charge on any atom is -0.652 e. The molecule has 7 rings (SSSR count). The quantitative estimate of drug-likeness (QED) is 0.703. The second-order valence-corrected chi connectivity index (χ2v) is 7.81. The van der Waals surface area contributed by atoms with Gasteiger partial charge >= 0.3 is 0 Å². The van der Waals surface area contributed by atoms with Gasteiger partial charge in [0.15, 0.2) is 0 Å². The monoisotopic (exact) mass is 305 g/mol. The van der Waals surface area contributed by atoms with Gasteiger partial charge in [0.05, 0.1) is 11.7 Å². The summed E-state index contributed by atoms with van der Waals surface area (Å²) in [5.74, 6) is 1.60. The molecule has 0 radical (unpaired) electrons. The summed E-state index contributed by atoms with van der Waals surface area (Å²) in [5.41, 5.74) is 2.82. The van der Waals surface area contributed by atoms with Crippen molar-refractivity contribution < 1.29 is 4.90 Å². The van der Waals surface area contributed by atoms with E-state index in [0.29, 0.717) is 12.0 Å². The lowest BCUT2D eigenvalue weighted by Gasteiger charge is -2.55. The molecule has 5 heterocycles. The molecule has 5 atom stereocenters. The minimum absolute atomic E-state index is 0.706. The lowest BCUT2D eigenvalue weighted by molar-refractivity contribution is -0.867. The molecular weight excluding hydrogens is 282 g/mol. The molecule has 0 spiro atoms. The van der Waals surface area contributed by atoms with E-state index in [9.17, 15) is 0 Å². The first kappa shape index (κ1) is 12.8. The third-order valence-electron chi connectivity index (χ3n) is 6.92. The number of fused-ring (bicyclic) bond motifs is 4. The topological polar surface area (TPSA) is 30.6 Å². The van der Waals surface area contributed by atoms with Crippen molar-refractivity contribution in [3.63, 3.8) is 0 Å². The molecular formula is C20H23N3. The number of piperidine rings is 3. The molecule has 0 amide bonds. The van der Waals surface area contributed by atoms with Crippen molar-refractivity contribution in [2.75, 3.05) is 13.1 Å². The summed E-state index contributed by atoms with van der Waals surface area (Å²) in [5, 5.41) is 7.97. The van der Waals surface area contributed by atoms with Gasteiger partial charge in [-0.2, -0.15) is 0 Å². The predicted molar refractivity (Wildman–Crippen MR) is 91.2 cm³/mol. The number of benzene rings is 1. The fourth-order valence-corrected chi connectivity index (χ4v) is 6.10. The molecule has 118 valence electrons. The first-order valence-electron chi connectivity index (χ1n) is 9.27. The van der Waals surface area contributed by atoms with Crippen LogP contribution in [0.1, 0.15) is 25.7 Å². The van der Waals surface area contributed by atoms with Crippen molar-refractivity contribution in [2.45, 2.75) is 37.8 Å². The van der Waals surface area contributed by atoms with Gasteiger partial charge in [-0.05, 0) is 42.5 Å². The van der Waals surface area contributed by atoms with Gasteiger partial charge in [-0.1, -0.05) is 29.6 Å². The summed E-state index contributed by atoms with van der Waals surface area (Å²) in [6, 6.07) is 10.2. The third-order valence-corrected chi connectivity index (χ3v) is 6.92. The van der Waals surface area contributed by atoms with Gasteiger partial charge in [0, 0.05) is 24.3 Å². The van der Waals surface area contributed by atoms with Crippen LogP contribution >= 0.6 is 0 Å². The Morgan fingerprint density at radius 2 is 2.09 bits per heavy atom. The molecule has 2 aromatic rings. The molecule has 3 heteroatoms. The molecule has 4 aliphatic heterocycles. The highest BCUT2D eigenvalue weighted by molar-refractivity contribution is 5.81. The van der Waals surface area contributed by atoms with Crippen molar-refractivity contribution in [3.05, 3.63) is 34.8 Å². The minimum atomic E-state index is 0.706. The molecule has 5 aliphatic rings. The highest BCUT2D eigenvalue weighted by Gasteiger charge is 2.54. The zero-order valence-electron chi connectivity index (χ0n) is 13.4. The van der Waals surface area contributed by atoms with Crippen LogP contribution in [0, 0.1) is 11.8 Å². The van der Waals surface area contributed by atoms with Gasteiger partial charge in [-0.3, -0.25) is 0 Å². The summed E-state index contributed by atoms with van der Waals surface area (Å²) in [6.45, 7) is 2.38. The van der Waals surface area contributed by atoms with Crippen molar-refractivity contribution in [1.82, 2.24) is 10.3 Å². The summed E-state index contributed by atoms with van der Waals surface area (Å²) in [7, 11) is 0. The molecule has 1 aromatic heterocycles. The third kappa shape index (κ3) is 1.57. The second-order valence-electron chi connectivity index (χ2n) is 7.81. The maximum atomic E-state index is 5.08. The number of rotatable bonds is 0. The van der Waals surface area contributed by atoms with Crippen LogP contribution in [0.15, 0.2) is 24.3 Å². The van der Waals surface area contributed by atoms with E-state index in [1.165, 1.54) is 60.2 Å². The van der Waals surface area contributed by atoms with Gasteiger partial charge in [0.2, 0.25) is 0 Å². The number of hydrogen-bond donors (Lipinski definition) is 2. The van der Waals surface area contributed by atoms with Crippen LogP contribution in [0.2, 0.25) is 0 Å². The Bertz CT molecular complexity index is 909. The first-order chi connectivity index (χ1) is 11.4. The van der Waals surface area contributed by atoms with E-state index < -0.39 is 0 Å². The maximum absolute atomic E-state index is 5.08. The van der Waals surface area contributed by atoms with Crippen LogP contribution in [0.3, 0.4) is 0 Å². The predicted octanol–water partition coefficient (Wildman–Crippen LogP) is -0.255.